The lowest BCUT2D eigenvalue weighted by Gasteiger charge is -2.23. The summed E-state index contributed by atoms with van der Waals surface area (Å²) in [5.41, 5.74) is 2.64. The number of halogens is 1. The summed E-state index contributed by atoms with van der Waals surface area (Å²) in [4.78, 5) is 13.4. The molecule has 2 aliphatic heterocycles. The van der Waals surface area contributed by atoms with E-state index in [1.165, 1.54) is 12.4 Å². The summed E-state index contributed by atoms with van der Waals surface area (Å²) in [5, 5.41) is 3.34. The molecule has 4 aromatic rings. The average molecular weight is 486 g/mol. The van der Waals surface area contributed by atoms with Gasteiger partial charge in [-0.3, -0.25) is 4.57 Å². The van der Waals surface area contributed by atoms with Crippen molar-refractivity contribution in [3.05, 3.63) is 84.2 Å². The molecule has 0 saturated carbocycles. The summed E-state index contributed by atoms with van der Waals surface area (Å²) < 4.78 is 34.6. The molecular weight excluding hydrogens is 461 g/mol. The second-order valence-electron chi connectivity index (χ2n) is 9.15. The normalized spacial score (nSPS) is 24.3. The Bertz CT molecular complexity index is 1460. The van der Waals surface area contributed by atoms with Crippen molar-refractivity contribution < 1.29 is 18.6 Å². The van der Waals surface area contributed by atoms with Crippen LogP contribution in [0.4, 0.5) is 10.2 Å². The number of hydrogen-bond acceptors (Lipinski definition) is 7. The van der Waals surface area contributed by atoms with Crippen molar-refractivity contribution in [1.29, 1.82) is 0 Å². The molecular formula is C27H24FN5O3. The predicted octanol–water partition coefficient (Wildman–Crippen LogP) is 4.05. The Morgan fingerprint density at radius 1 is 1.00 bits per heavy atom. The first kappa shape index (κ1) is 22.6. The van der Waals surface area contributed by atoms with Gasteiger partial charge in [0.1, 0.15) is 30.5 Å². The Morgan fingerprint density at radius 3 is 2.61 bits per heavy atom. The number of imidazole rings is 1. The second-order valence-corrected chi connectivity index (χ2v) is 9.15. The molecule has 2 fully saturated rings. The van der Waals surface area contributed by atoms with Gasteiger partial charge in [0.2, 0.25) is 0 Å². The molecule has 0 spiro atoms. The van der Waals surface area contributed by atoms with E-state index < -0.39 is 30.3 Å². The van der Waals surface area contributed by atoms with Crippen LogP contribution in [-0.4, -0.2) is 43.6 Å². The molecule has 182 valence electrons. The van der Waals surface area contributed by atoms with Crippen LogP contribution in [0, 0.1) is 17.7 Å². The summed E-state index contributed by atoms with van der Waals surface area (Å²) in [7, 11) is 0. The van der Waals surface area contributed by atoms with Crippen molar-refractivity contribution in [1.82, 2.24) is 19.5 Å². The minimum atomic E-state index is -0.816. The number of hydrogen-bond donors (Lipinski definition) is 1. The lowest BCUT2D eigenvalue weighted by molar-refractivity contribution is -0.190. The lowest BCUT2D eigenvalue weighted by atomic mass is 10.1. The number of nitrogens with zero attached hydrogens (tertiary/aromatic N) is 4. The molecule has 8 nitrogen and oxygen atoms in total. The standard InChI is InChI=1S/C27H24FN5O3/c1-27(2)35-22-20(13-12-18-10-6-7-11-19(18)28)34-26(23(22)36-27)33-16-32-21-24(30-15-31-25(21)33)29-14-17-8-4-3-5-9-17/h3-11,15-16,20,22-23,26H,14H2,1-2H3,(H,29,30,31)/t20-,22-,23+,26-/m1/s1. The van der Waals surface area contributed by atoms with E-state index in [2.05, 4.69) is 32.1 Å². The Balaban J connectivity index is 1.30. The van der Waals surface area contributed by atoms with Crippen LogP contribution in [0.1, 0.15) is 31.2 Å². The number of fused-ring (bicyclic) bond motifs is 2. The van der Waals surface area contributed by atoms with Crippen molar-refractivity contribution in [2.24, 2.45) is 0 Å². The fourth-order valence-electron chi connectivity index (χ4n) is 4.58. The van der Waals surface area contributed by atoms with E-state index in [1.54, 1.807) is 24.5 Å². The van der Waals surface area contributed by atoms with Gasteiger partial charge in [0, 0.05) is 6.54 Å². The number of rotatable bonds is 4. The highest BCUT2D eigenvalue weighted by molar-refractivity contribution is 5.82. The summed E-state index contributed by atoms with van der Waals surface area (Å²) in [5.74, 6) is 5.36. The molecule has 2 aromatic heterocycles. The van der Waals surface area contributed by atoms with Gasteiger partial charge in [-0.15, -0.1) is 0 Å². The van der Waals surface area contributed by atoms with E-state index in [1.807, 2.05) is 48.7 Å². The predicted molar refractivity (Wildman–Crippen MR) is 130 cm³/mol. The van der Waals surface area contributed by atoms with Crippen LogP contribution >= 0.6 is 0 Å². The quantitative estimate of drug-likeness (QED) is 0.437. The van der Waals surface area contributed by atoms with Gasteiger partial charge in [0.25, 0.3) is 0 Å². The van der Waals surface area contributed by atoms with Crippen LogP contribution in [-0.2, 0) is 20.8 Å². The van der Waals surface area contributed by atoms with Crippen LogP contribution in [0.5, 0.6) is 0 Å². The Morgan fingerprint density at radius 2 is 1.78 bits per heavy atom. The number of nitrogens with one attached hydrogen (secondary N) is 1. The maximum atomic E-state index is 14.1. The fraction of sp³-hybridized carbons (Fsp3) is 0.296. The smallest absolute Gasteiger partial charge is 0.167 e. The zero-order valence-corrected chi connectivity index (χ0v) is 19.8. The van der Waals surface area contributed by atoms with E-state index in [9.17, 15) is 4.39 Å². The average Bonchev–Trinajstić information content (AvgIpc) is 3.54. The highest BCUT2D eigenvalue weighted by Gasteiger charge is 2.56. The zero-order chi connectivity index (χ0) is 24.7. The third kappa shape index (κ3) is 4.20. The maximum absolute atomic E-state index is 14.1. The Kier molecular flexibility index (Phi) is 5.64. The monoisotopic (exact) mass is 485 g/mol. The van der Waals surface area contributed by atoms with E-state index in [0.717, 1.165) is 5.56 Å². The van der Waals surface area contributed by atoms with Crippen molar-refractivity contribution in [3.8, 4) is 11.8 Å². The van der Waals surface area contributed by atoms with E-state index in [0.29, 0.717) is 29.1 Å². The summed E-state index contributed by atoms with van der Waals surface area (Å²) in [6, 6.07) is 16.4. The molecule has 0 aliphatic carbocycles. The Hall–Kier alpha value is -3.84. The SMILES string of the molecule is CC1(C)O[C@H]2[C@H](O1)[C@@H](C#Cc1ccccc1F)O[C@H]2n1cnc2c(NCc3ccccc3)ncnc21. The lowest BCUT2D eigenvalue weighted by Crippen LogP contribution is -2.28. The molecule has 2 saturated heterocycles. The largest absolute Gasteiger partial charge is 0.364 e. The van der Waals surface area contributed by atoms with Gasteiger partial charge in [-0.25, -0.2) is 19.3 Å². The first-order valence-electron chi connectivity index (χ1n) is 11.7. The van der Waals surface area contributed by atoms with Gasteiger partial charge in [-0.1, -0.05) is 54.3 Å². The molecule has 2 aromatic carbocycles. The maximum Gasteiger partial charge on any atom is 0.167 e. The second kappa shape index (κ2) is 8.99. The summed E-state index contributed by atoms with van der Waals surface area (Å²) >= 11 is 0. The minimum absolute atomic E-state index is 0.300. The third-order valence-corrected chi connectivity index (χ3v) is 6.19. The molecule has 4 atom stereocenters. The molecule has 2 aliphatic rings. The fourth-order valence-corrected chi connectivity index (χ4v) is 4.58. The molecule has 0 radical (unpaired) electrons. The van der Waals surface area contributed by atoms with Gasteiger partial charge >= 0.3 is 0 Å². The number of ether oxygens (including phenoxy) is 3. The highest BCUT2D eigenvalue weighted by Crippen LogP contribution is 2.43. The first-order valence-corrected chi connectivity index (χ1v) is 11.7. The van der Waals surface area contributed by atoms with Gasteiger partial charge in [-0.2, -0.15) is 0 Å². The van der Waals surface area contributed by atoms with E-state index >= 15 is 0 Å². The third-order valence-electron chi connectivity index (χ3n) is 6.19. The van der Waals surface area contributed by atoms with Crippen LogP contribution in [0.3, 0.4) is 0 Å². The van der Waals surface area contributed by atoms with Gasteiger partial charge in [0.05, 0.1) is 11.9 Å². The molecule has 0 unspecified atom stereocenters. The van der Waals surface area contributed by atoms with E-state index in [4.69, 9.17) is 14.2 Å². The summed E-state index contributed by atoms with van der Waals surface area (Å²) in [6.45, 7) is 4.30. The van der Waals surface area contributed by atoms with Crippen LogP contribution < -0.4 is 5.32 Å². The molecule has 36 heavy (non-hydrogen) atoms. The number of benzene rings is 2. The highest BCUT2D eigenvalue weighted by atomic mass is 19.1. The minimum Gasteiger partial charge on any atom is -0.364 e. The van der Waals surface area contributed by atoms with Crippen molar-refractivity contribution in [2.45, 2.75) is 50.7 Å². The molecule has 6 rings (SSSR count). The van der Waals surface area contributed by atoms with Crippen LogP contribution in [0.25, 0.3) is 11.2 Å². The van der Waals surface area contributed by atoms with Crippen molar-refractivity contribution in [3.63, 3.8) is 0 Å². The van der Waals surface area contributed by atoms with Gasteiger partial charge < -0.3 is 19.5 Å². The zero-order valence-electron chi connectivity index (χ0n) is 19.8. The van der Waals surface area contributed by atoms with Crippen LogP contribution in [0.15, 0.2) is 67.3 Å². The molecule has 4 heterocycles. The molecule has 9 heteroatoms. The van der Waals surface area contributed by atoms with Crippen molar-refractivity contribution in [2.75, 3.05) is 5.32 Å². The number of aromatic nitrogens is 4. The van der Waals surface area contributed by atoms with Gasteiger partial charge in [0.15, 0.2) is 29.0 Å². The first-order chi connectivity index (χ1) is 17.5. The van der Waals surface area contributed by atoms with Crippen LogP contribution in [0.2, 0.25) is 0 Å². The van der Waals surface area contributed by atoms with Gasteiger partial charge in [-0.05, 0) is 31.5 Å². The topological polar surface area (TPSA) is 83.3 Å². The molecule has 1 N–H and O–H groups in total. The molecule has 0 bridgehead atoms. The van der Waals surface area contributed by atoms with Crippen molar-refractivity contribution >= 4 is 17.0 Å². The molecule has 0 amide bonds. The number of anilines is 1. The Labute approximate surface area is 207 Å². The summed E-state index contributed by atoms with van der Waals surface area (Å²) in [6.07, 6.45) is 1.03. The van der Waals surface area contributed by atoms with E-state index in [-0.39, 0.29) is 5.82 Å².